The fourth-order valence-corrected chi connectivity index (χ4v) is 2.66. The standard InChI is InChI=1S/C13H15N3S2/c1-7-5-4-6-10(12(14)17)11(7)16-13-15-8(2)9(3)18-13/h4-6H,1-3H3,(H2,14,17)(H,15,16). The molecule has 0 unspecified atom stereocenters. The number of hydrogen-bond donors (Lipinski definition) is 2. The quantitative estimate of drug-likeness (QED) is 0.844. The van der Waals surface area contributed by atoms with E-state index in [-0.39, 0.29) is 0 Å². The van der Waals surface area contributed by atoms with Crippen LogP contribution in [0.5, 0.6) is 0 Å². The molecule has 0 saturated carbocycles. The lowest BCUT2D eigenvalue weighted by Gasteiger charge is -2.11. The Hall–Kier alpha value is -1.46. The van der Waals surface area contributed by atoms with E-state index in [4.69, 9.17) is 18.0 Å². The number of nitrogens with zero attached hydrogens (tertiary/aromatic N) is 1. The van der Waals surface area contributed by atoms with Crippen LogP contribution in [0.25, 0.3) is 0 Å². The monoisotopic (exact) mass is 277 g/mol. The summed E-state index contributed by atoms with van der Waals surface area (Å²) in [5.74, 6) is 0. The summed E-state index contributed by atoms with van der Waals surface area (Å²) in [7, 11) is 0. The van der Waals surface area contributed by atoms with Gasteiger partial charge in [-0.1, -0.05) is 24.4 Å². The minimum Gasteiger partial charge on any atom is -0.389 e. The van der Waals surface area contributed by atoms with Gasteiger partial charge in [-0.2, -0.15) is 0 Å². The van der Waals surface area contributed by atoms with Crippen LogP contribution in [-0.2, 0) is 0 Å². The SMILES string of the molecule is Cc1cccc(C(N)=S)c1Nc1nc(C)c(C)s1. The minimum absolute atomic E-state index is 0.395. The molecule has 94 valence electrons. The molecule has 0 aliphatic heterocycles. The second-order valence-electron chi connectivity index (χ2n) is 4.15. The van der Waals surface area contributed by atoms with Crippen molar-refractivity contribution in [3.63, 3.8) is 0 Å². The Bertz CT molecular complexity index is 583. The van der Waals surface area contributed by atoms with Gasteiger partial charge >= 0.3 is 0 Å². The molecule has 0 spiro atoms. The first-order valence-electron chi connectivity index (χ1n) is 5.59. The number of aromatic nitrogens is 1. The van der Waals surface area contributed by atoms with E-state index >= 15 is 0 Å². The molecular formula is C13H15N3S2. The molecule has 0 amide bonds. The molecule has 5 heteroatoms. The van der Waals surface area contributed by atoms with Gasteiger partial charge in [0.25, 0.3) is 0 Å². The Balaban J connectivity index is 2.42. The summed E-state index contributed by atoms with van der Waals surface area (Å²) in [4.78, 5) is 6.08. The van der Waals surface area contributed by atoms with Crippen LogP contribution in [0.4, 0.5) is 10.8 Å². The van der Waals surface area contributed by atoms with Crippen molar-refractivity contribution in [2.75, 3.05) is 5.32 Å². The zero-order valence-electron chi connectivity index (χ0n) is 10.6. The van der Waals surface area contributed by atoms with E-state index in [1.807, 2.05) is 32.0 Å². The molecule has 3 nitrogen and oxygen atoms in total. The fraction of sp³-hybridized carbons (Fsp3) is 0.231. The molecule has 2 aromatic rings. The predicted octanol–water partition coefficient (Wildman–Crippen LogP) is 3.45. The summed E-state index contributed by atoms with van der Waals surface area (Å²) in [5.41, 5.74) is 9.70. The third-order valence-corrected chi connectivity index (χ3v) is 4.01. The zero-order valence-corrected chi connectivity index (χ0v) is 12.2. The first-order valence-corrected chi connectivity index (χ1v) is 6.82. The Kier molecular flexibility index (Phi) is 3.63. The second-order valence-corrected chi connectivity index (χ2v) is 5.79. The maximum absolute atomic E-state index is 5.75. The van der Waals surface area contributed by atoms with E-state index in [2.05, 4.69) is 17.2 Å². The number of hydrogen-bond acceptors (Lipinski definition) is 4. The number of anilines is 2. The molecule has 0 saturated heterocycles. The topological polar surface area (TPSA) is 50.9 Å². The van der Waals surface area contributed by atoms with Crippen LogP contribution < -0.4 is 11.1 Å². The highest BCUT2D eigenvalue weighted by atomic mass is 32.1. The van der Waals surface area contributed by atoms with E-state index in [0.29, 0.717) is 4.99 Å². The molecule has 0 aliphatic carbocycles. The van der Waals surface area contributed by atoms with Crippen LogP contribution in [0, 0.1) is 20.8 Å². The minimum atomic E-state index is 0.395. The Labute approximate surface area is 116 Å². The van der Waals surface area contributed by atoms with Crippen LogP contribution in [0.1, 0.15) is 21.7 Å². The second kappa shape index (κ2) is 5.04. The number of benzene rings is 1. The summed E-state index contributed by atoms with van der Waals surface area (Å²) in [5, 5.41) is 4.20. The van der Waals surface area contributed by atoms with E-state index in [0.717, 1.165) is 27.6 Å². The maximum Gasteiger partial charge on any atom is 0.187 e. The highest BCUT2D eigenvalue weighted by Gasteiger charge is 2.10. The van der Waals surface area contributed by atoms with Gasteiger partial charge in [-0.15, -0.1) is 11.3 Å². The summed E-state index contributed by atoms with van der Waals surface area (Å²) in [6, 6.07) is 5.90. The van der Waals surface area contributed by atoms with Crippen LogP contribution in [0.15, 0.2) is 18.2 Å². The molecule has 0 atom stereocenters. The van der Waals surface area contributed by atoms with Gasteiger partial charge in [-0.3, -0.25) is 0 Å². The number of aryl methyl sites for hydroxylation is 3. The van der Waals surface area contributed by atoms with Gasteiger partial charge < -0.3 is 11.1 Å². The van der Waals surface area contributed by atoms with E-state index in [1.54, 1.807) is 11.3 Å². The number of para-hydroxylation sites is 1. The normalized spacial score (nSPS) is 10.4. The van der Waals surface area contributed by atoms with Gasteiger partial charge in [-0.25, -0.2) is 4.98 Å². The van der Waals surface area contributed by atoms with Crippen LogP contribution in [-0.4, -0.2) is 9.97 Å². The first-order chi connectivity index (χ1) is 8.49. The number of thiazole rings is 1. The van der Waals surface area contributed by atoms with Gasteiger partial charge in [0, 0.05) is 10.4 Å². The molecule has 1 aromatic carbocycles. The summed E-state index contributed by atoms with van der Waals surface area (Å²) in [6.07, 6.45) is 0. The van der Waals surface area contributed by atoms with Gasteiger partial charge in [-0.05, 0) is 32.4 Å². The van der Waals surface area contributed by atoms with Gasteiger partial charge in [0.1, 0.15) is 4.99 Å². The van der Waals surface area contributed by atoms with Crippen molar-refractivity contribution in [1.82, 2.24) is 4.98 Å². The third-order valence-electron chi connectivity index (χ3n) is 2.80. The largest absolute Gasteiger partial charge is 0.389 e. The highest BCUT2D eigenvalue weighted by Crippen LogP contribution is 2.28. The Morgan fingerprint density at radius 3 is 2.61 bits per heavy atom. The van der Waals surface area contributed by atoms with Crippen molar-refractivity contribution in [3.8, 4) is 0 Å². The fourth-order valence-electron chi connectivity index (χ4n) is 1.67. The number of nitrogens with one attached hydrogen (secondary N) is 1. The predicted molar refractivity (Wildman–Crippen MR) is 81.9 cm³/mol. The lowest BCUT2D eigenvalue weighted by atomic mass is 10.1. The van der Waals surface area contributed by atoms with Crippen molar-refractivity contribution in [1.29, 1.82) is 0 Å². The van der Waals surface area contributed by atoms with E-state index < -0.39 is 0 Å². The first kappa shape index (κ1) is 13.0. The molecule has 3 N–H and O–H groups in total. The number of nitrogens with two attached hydrogens (primary N) is 1. The average Bonchev–Trinajstić information content (AvgIpc) is 2.60. The lowest BCUT2D eigenvalue weighted by Crippen LogP contribution is -2.12. The van der Waals surface area contributed by atoms with Crippen LogP contribution in [0.3, 0.4) is 0 Å². The van der Waals surface area contributed by atoms with Gasteiger partial charge in [0.05, 0.1) is 11.4 Å². The van der Waals surface area contributed by atoms with Gasteiger partial charge in [0.15, 0.2) is 5.13 Å². The molecule has 0 fully saturated rings. The highest BCUT2D eigenvalue weighted by molar-refractivity contribution is 7.80. The molecular weight excluding hydrogens is 262 g/mol. The van der Waals surface area contributed by atoms with Crippen molar-refractivity contribution in [2.45, 2.75) is 20.8 Å². The third kappa shape index (κ3) is 2.52. The zero-order chi connectivity index (χ0) is 13.3. The van der Waals surface area contributed by atoms with Crippen molar-refractivity contribution >= 4 is 39.4 Å². The molecule has 0 aliphatic rings. The van der Waals surface area contributed by atoms with Crippen molar-refractivity contribution < 1.29 is 0 Å². The molecule has 0 bridgehead atoms. The summed E-state index contributed by atoms with van der Waals surface area (Å²) in [6.45, 7) is 6.09. The lowest BCUT2D eigenvalue weighted by molar-refractivity contribution is 1.22. The molecule has 1 aromatic heterocycles. The van der Waals surface area contributed by atoms with E-state index in [1.165, 1.54) is 4.88 Å². The maximum atomic E-state index is 5.75. The van der Waals surface area contributed by atoms with Crippen LogP contribution >= 0.6 is 23.6 Å². The molecule has 18 heavy (non-hydrogen) atoms. The smallest absolute Gasteiger partial charge is 0.187 e. The van der Waals surface area contributed by atoms with E-state index in [9.17, 15) is 0 Å². The molecule has 2 rings (SSSR count). The average molecular weight is 277 g/mol. The van der Waals surface area contributed by atoms with Crippen LogP contribution in [0.2, 0.25) is 0 Å². The Morgan fingerprint density at radius 1 is 1.33 bits per heavy atom. The van der Waals surface area contributed by atoms with Gasteiger partial charge in [0.2, 0.25) is 0 Å². The molecule has 1 heterocycles. The Morgan fingerprint density at radius 2 is 2.06 bits per heavy atom. The van der Waals surface area contributed by atoms with Crippen molar-refractivity contribution in [3.05, 3.63) is 39.9 Å². The summed E-state index contributed by atoms with van der Waals surface area (Å²) >= 11 is 6.71. The summed E-state index contributed by atoms with van der Waals surface area (Å²) < 4.78 is 0. The number of thiocarbonyl (C=S) groups is 1. The number of rotatable bonds is 3. The molecule has 0 radical (unpaired) electrons. The van der Waals surface area contributed by atoms with Crippen molar-refractivity contribution in [2.24, 2.45) is 5.73 Å².